The number of amides is 2. The van der Waals surface area contributed by atoms with Crippen LogP contribution in [0.25, 0.3) is 0 Å². The Morgan fingerprint density at radius 1 is 1.35 bits per heavy atom. The van der Waals surface area contributed by atoms with E-state index < -0.39 is 0 Å². The Morgan fingerprint density at radius 3 is 2.91 bits per heavy atom. The number of aliphatic hydroxyl groups is 1. The van der Waals surface area contributed by atoms with Gasteiger partial charge in [0, 0.05) is 24.9 Å². The molecule has 0 spiro atoms. The Balaban J connectivity index is 1.79. The molecule has 0 aliphatic heterocycles. The number of methoxy groups -OCH3 is 1. The molecular formula is C17H22N2O3S. The SMILES string of the molecule is COc1cccc(NC(=O)NCCC(CCO)c2ccsc2)c1. The zero-order valence-electron chi connectivity index (χ0n) is 13.1. The average Bonchev–Trinajstić information content (AvgIpc) is 3.08. The molecule has 2 aromatic rings. The number of hydrogen-bond acceptors (Lipinski definition) is 4. The lowest BCUT2D eigenvalue weighted by Crippen LogP contribution is -2.30. The Labute approximate surface area is 140 Å². The van der Waals surface area contributed by atoms with E-state index in [0.29, 0.717) is 24.4 Å². The Kier molecular flexibility index (Phi) is 6.90. The first-order valence-electron chi connectivity index (χ1n) is 7.54. The van der Waals surface area contributed by atoms with E-state index in [4.69, 9.17) is 4.74 Å². The van der Waals surface area contributed by atoms with Crippen LogP contribution in [0.1, 0.15) is 24.3 Å². The summed E-state index contributed by atoms with van der Waals surface area (Å²) in [7, 11) is 1.59. The van der Waals surface area contributed by atoms with Crippen molar-refractivity contribution in [2.24, 2.45) is 0 Å². The summed E-state index contributed by atoms with van der Waals surface area (Å²) in [5, 5.41) is 18.9. The smallest absolute Gasteiger partial charge is 0.319 e. The number of anilines is 1. The number of hydrogen-bond donors (Lipinski definition) is 3. The number of aliphatic hydroxyl groups excluding tert-OH is 1. The second-order valence-corrected chi connectivity index (χ2v) is 5.95. The van der Waals surface area contributed by atoms with Crippen LogP contribution in [0.2, 0.25) is 0 Å². The van der Waals surface area contributed by atoms with Crippen LogP contribution in [0.5, 0.6) is 5.75 Å². The van der Waals surface area contributed by atoms with E-state index in [-0.39, 0.29) is 18.6 Å². The van der Waals surface area contributed by atoms with Crippen LogP contribution in [-0.2, 0) is 0 Å². The molecule has 0 radical (unpaired) electrons. The van der Waals surface area contributed by atoms with E-state index >= 15 is 0 Å². The highest BCUT2D eigenvalue weighted by Gasteiger charge is 2.12. The molecule has 6 heteroatoms. The predicted molar refractivity (Wildman–Crippen MR) is 93.4 cm³/mol. The Bertz CT molecular complexity index is 602. The first-order chi connectivity index (χ1) is 11.2. The number of nitrogens with one attached hydrogen (secondary N) is 2. The molecule has 0 aliphatic rings. The summed E-state index contributed by atoms with van der Waals surface area (Å²) in [5.41, 5.74) is 1.91. The molecule has 1 atom stereocenters. The summed E-state index contributed by atoms with van der Waals surface area (Å²) in [6, 6.07) is 9.04. The standard InChI is InChI=1S/C17H22N2O3S/c1-22-16-4-2-3-15(11-16)19-17(21)18-8-5-13(6-9-20)14-7-10-23-12-14/h2-4,7,10-13,20H,5-6,8-9H2,1H3,(H2,18,19,21). The maximum Gasteiger partial charge on any atom is 0.319 e. The molecule has 2 amide bonds. The van der Waals surface area contributed by atoms with Crippen molar-refractivity contribution in [3.05, 3.63) is 46.7 Å². The van der Waals surface area contributed by atoms with E-state index in [0.717, 1.165) is 6.42 Å². The average molecular weight is 334 g/mol. The molecule has 5 nitrogen and oxygen atoms in total. The van der Waals surface area contributed by atoms with Crippen molar-refractivity contribution in [1.29, 1.82) is 0 Å². The first-order valence-corrected chi connectivity index (χ1v) is 8.49. The maximum absolute atomic E-state index is 11.9. The normalized spacial score (nSPS) is 11.7. The largest absolute Gasteiger partial charge is 0.497 e. The fourth-order valence-corrected chi connectivity index (χ4v) is 3.12. The lowest BCUT2D eigenvalue weighted by molar-refractivity contribution is 0.250. The van der Waals surface area contributed by atoms with Crippen LogP contribution in [-0.4, -0.2) is 31.4 Å². The van der Waals surface area contributed by atoms with Crippen LogP contribution >= 0.6 is 11.3 Å². The molecular weight excluding hydrogens is 312 g/mol. The number of carbonyl (C=O) groups is 1. The van der Waals surface area contributed by atoms with Gasteiger partial charge >= 0.3 is 6.03 Å². The Morgan fingerprint density at radius 2 is 2.22 bits per heavy atom. The van der Waals surface area contributed by atoms with Gasteiger partial charge < -0.3 is 20.5 Å². The molecule has 124 valence electrons. The lowest BCUT2D eigenvalue weighted by Gasteiger charge is -2.15. The van der Waals surface area contributed by atoms with Gasteiger partial charge in [-0.05, 0) is 53.3 Å². The van der Waals surface area contributed by atoms with Gasteiger partial charge in [-0.25, -0.2) is 4.79 Å². The van der Waals surface area contributed by atoms with E-state index in [1.54, 1.807) is 24.5 Å². The van der Waals surface area contributed by atoms with Gasteiger partial charge in [0.1, 0.15) is 5.75 Å². The Hall–Kier alpha value is -2.05. The van der Waals surface area contributed by atoms with Crippen molar-refractivity contribution in [2.45, 2.75) is 18.8 Å². The molecule has 2 rings (SSSR count). The summed E-state index contributed by atoms with van der Waals surface area (Å²) in [6.07, 6.45) is 1.50. The highest BCUT2D eigenvalue weighted by Crippen LogP contribution is 2.24. The summed E-state index contributed by atoms with van der Waals surface area (Å²) in [6.45, 7) is 0.701. The predicted octanol–water partition coefficient (Wildman–Crippen LogP) is 3.43. The summed E-state index contributed by atoms with van der Waals surface area (Å²) in [5.74, 6) is 0.964. The van der Waals surface area contributed by atoms with Gasteiger partial charge in [-0.3, -0.25) is 0 Å². The van der Waals surface area contributed by atoms with Crippen molar-refractivity contribution in [2.75, 3.05) is 25.6 Å². The van der Waals surface area contributed by atoms with Gasteiger partial charge in [-0.2, -0.15) is 11.3 Å². The highest BCUT2D eigenvalue weighted by atomic mass is 32.1. The first kappa shape index (κ1) is 17.3. The van der Waals surface area contributed by atoms with E-state index in [2.05, 4.69) is 22.1 Å². The van der Waals surface area contributed by atoms with Gasteiger partial charge in [0.25, 0.3) is 0 Å². The van der Waals surface area contributed by atoms with Gasteiger partial charge in [-0.15, -0.1) is 0 Å². The van der Waals surface area contributed by atoms with Crippen molar-refractivity contribution in [3.8, 4) is 5.75 Å². The third kappa shape index (κ3) is 5.58. The second kappa shape index (κ2) is 9.17. The van der Waals surface area contributed by atoms with Gasteiger partial charge in [-0.1, -0.05) is 6.07 Å². The van der Waals surface area contributed by atoms with Crippen molar-refractivity contribution in [3.63, 3.8) is 0 Å². The van der Waals surface area contributed by atoms with Crippen molar-refractivity contribution >= 4 is 23.1 Å². The van der Waals surface area contributed by atoms with Gasteiger partial charge in [0.05, 0.1) is 7.11 Å². The number of benzene rings is 1. The van der Waals surface area contributed by atoms with Crippen LogP contribution in [0.3, 0.4) is 0 Å². The van der Waals surface area contributed by atoms with Crippen LogP contribution in [0, 0.1) is 0 Å². The molecule has 0 saturated carbocycles. The zero-order chi connectivity index (χ0) is 16.5. The molecule has 1 unspecified atom stereocenters. The molecule has 0 aliphatic carbocycles. The van der Waals surface area contributed by atoms with Crippen LogP contribution in [0.4, 0.5) is 10.5 Å². The number of urea groups is 1. The summed E-state index contributed by atoms with van der Waals surface area (Å²) >= 11 is 1.65. The molecule has 3 N–H and O–H groups in total. The zero-order valence-corrected chi connectivity index (χ0v) is 13.9. The van der Waals surface area contributed by atoms with E-state index in [1.165, 1.54) is 5.56 Å². The topological polar surface area (TPSA) is 70.6 Å². The van der Waals surface area contributed by atoms with Crippen LogP contribution in [0.15, 0.2) is 41.1 Å². The van der Waals surface area contributed by atoms with E-state index in [9.17, 15) is 9.90 Å². The molecule has 1 aromatic carbocycles. The number of ether oxygens (including phenoxy) is 1. The van der Waals surface area contributed by atoms with Crippen molar-refractivity contribution in [1.82, 2.24) is 5.32 Å². The van der Waals surface area contributed by atoms with E-state index in [1.807, 2.05) is 23.6 Å². The van der Waals surface area contributed by atoms with Gasteiger partial charge in [0.2, 0.25) is 0 Å². The number of rotatable bonds is 8. The third-order valence-electron chi connectivity index (χ3n) is 3.60. The highest BCUT2D eigenvalue weighted by molar-refractivity contribution is 7.07. The fraction of sp³-hybridized carbons (Fsp3) is 0.353. The molecule has 1 aromatic heterocycles. The molecule has 0 saturated heterocycles. The maximum atomic E-state index is 11.9. The molecule has 0 fully saturated rings. The monoisotopic (exact) mass is 334 g/mol. The van der Waals surface area contributed by atoms with Gasteiger partial charge in [0.15, 0.2) is 0 Å². The minimum atomic E-state index is -0.244. The quantitative estimate of drug-likeness (QED) is 0.692. The molecule has 0 bridgehead atoms. The minimum absolute atomic E-state index is 0.149. The second-order valence-electron chi connectivity index (χ2n) is 5.17. The fourth-order valence-electron chi connectivity index (χ4n) is 2.38. The molecule has 1 heterocycles. The minimum Gasteiger partial charge on any atom is -0.497 e. The number of carbonyl (C=O) groups excluding carboxylic acids is 1. The third-order valence-corrected chi connectivity index (χ3v) is 4.30. The lowest BCUT2D eigenvalue weighted by atomic mass is 9.95. The van der Waals surface area contributed by atoms with Crippen LogP contribution < -0.4 is 15.4 Å². The summed E-state index contributed by atoms with van der Waals surface area (Å²) in [4.78, 5) is 11.9. The molecule has 23 heavy (non-hydrogen) atoms. The summed E-state index contributed by atoms with van der Waals surface area (Å²) < 4.78 is 5.12. The van der Waals surface area contributed by atoms with Crippen molar-refractivity contribution < 1.29 is 14.6 Å². The number of thiophene rings is 1.